The average molecular weight is 458 g/mol. The van der Waals surface area contributed by atoms with Crippen molar-refractivity contribution < 1.29 is 0 Å². The van der Waals surface area contributed by atoms with E-state index in [1.165, 1.54) is 54.7 Å². The van der Waals surface area contributed by atoms with Crippen molar-refractivity contribution in [2.45, 2.75) is 0 Å². The molecule has 168 valence electrons. The van der Waals surface area contributed by atoms with Crippen molar-refractivity contribution in [3.8, 4) is 33.5 Å². The van der Waals surface area contributed by atoms with Crippen LogP contribution < -0.4 is 0 Å². The fraction of sp³-hybridized carbons (Fsp3) is 0. The molecule has 7 rings (SSSR count). The number of fused-ring (bicyclic) bond motifs is 3. The first-order valence-corrected chi connectivity index (χ1v) is 12.3. The number of hydrogen-bond donors (Lipinski definition) is 0. The van der Waals surface area contributed by atoms with Gasteiger partial charge in [0.2, 0.25) is 0 Å². The Morgan fingerprint density at radius 3 is 1.47 bits per heavy atom. The predicted octanol–water partition coefficient (Wildman–Crippen LogP) is 9.54. The molecule has 1 heterocycles. The van der Waals surface area contributed by atoms with Gasteiger partial charge in [-0.05, 0) is 55.3 Å². The largest absolute Gasteiger partial charge is 0.256 e. The van der Waals surface area contributed by atoms with Crippen LogP contribution in [0.25, 0.3) is 65.8 Å². The summed E-state index contributed by atoms with van der Waals surface area (Å²) in [6.07, 6.45) is 1.99. The first-order chi connectivity index (χ1) is 17.9. The molecule has 0 saturated heterocycles. The molecule has 0 aliphatic carbocycles. The normalized spacial score (nSPS) is 11.3. The lowest BCUT2D eigenvalue weighted by Gasteiger charge is -2.17. The van der Waals surface area contributed by atoms with Gasteiger partial charge in [-0.3, -0.25) is 4.98 Å². The first-order valence-electron chi connectivity index (χ1n) is 12.3. The molecule has 0 N–H and O–H groups in total. The Kier molecular flexibility index (Phi) is 4.85. The van der Waals surface area contributed by atoms with Crippen LogP contribution in [-0.4, -0.2) is 4.98 Å². The van der Waals surface area contributed by atoms with E-state index in [1.807, 2.05) is 6.20 Å². The predicted molar refractivity (Wildman–Crippen MR) is 153 cm³/mol. The highest BCUT2D eigenvalue weighted by molar-refractivity contribution is 6.21. The minimum Gasteiger partial charge on any atom is -0.256 e. The van der Waals surface area contributed by atoms with Gasteiger partial charge in [0.25, 0.3) is 0 Å². The van der Waals surface area contributed by atoms with E-state index in [-0.39, 0.29) is 0 Å². The summed E-state index contributed by atoms with van der Waals surface area (Å²) in [7, 11) is 0. The average Bonchev–Trinajstić information content (AvgIpc) is 2.96. The molecular weight excluding hydrogens is 434 g/mol. The maximum atomic E-state index is 4.92. The molecule has 0 fully saturated rings. The molecule has 0 aliphatic rings. The summed E-state index contributed by atoms with van der Waals surface area (Å²) in [6, 6.07) is 47.6. The maximum absolute atomic E-state index is 4.92. The number of pyridine rings is 1. The molecule has 0 aliphatic heterocycles. The Labute approximate surface area is 210 Å². The molecule has 1 aromatic heterocycles. The van der Waals surface area contributed by atoms with Crippen molar-refractivity contribution in [3.63, 3.8) is 0 Å². The summed E-state index contributed by atoms with van der Waals surface area (Å²) in [6.45, 7) is 0. The van der Waals surface area contributed by atoms with Crippen molar-refractivity contribution in [1.29, 1.82) is 0 Å². The molecule has 1 nitrogen and oxygen atoms in total. The van der Waals surface area contributed by atoms with Crippen LogP contribution in [0.2, 0.25) is 0 Å². The summed E-state index contributed by atoms with van der Waals surface area (Å²) < 4.78 is 0. The first kappa shape index (κ1) is 20.6. The van der Waals surface area contributed by atoms with E-state index in [4.69, 9.17) is 4.98 Å². The minimum atomic E-state index is 1.01. The van der Waals surface area contributed by atoms with Crippen LogP contribution in [0.4, 0.5) is 0 Å². The standard InChI is InChI=1S/C35H23N/c1-2-10-24(11-3-1)25-18-20-26(21-19-25)34-29-14-6-8-16-31(29)35(32-17-9-7-15-30(32)34)33-22-27-12-4-5-13-28(27)23-36-33/h1-23H. The van der Waals surface area contributed by atoms with Gasteiger partial charge in [0.1, 0.15) is 0 Å². The quantitative estimate of drug-likeness (QED) is 0.241. The highest BCUT2D eigenvalue weighted by atomic mass is 14.7. The molecule has 0 radical (unpaired) electrons. The third-order valence-electron chi connectivity index (χ3n) is 7.10. The SMILES string of the molecule is c1ccc(-c2ccc(-c3c4ccccc4c(-c4cc5ccccc5cn4)c4ccccc34)cc2)cc1. The van der Waals surface area contributed by atoms with Gasteiger partial charge in [-0.2, -0.15) is 0 Å². The van der Waals surface area contributed by atoms with E-state index >= 15 is 0 Å². The van der Waals surface area contributed by atoms with Crippen LogP contribution >= 0.6 is 0 Å². The van der Waals surface area contributed by atoms with Gasteiger partial charge in [0.15, 0.2) is 0 Å². The number of benzene rings is 6. The van der Waals surface area contributed by atoms with Gasteiger partial charge in [0, 0.05) is 17.1 Å². The lowest BCUT2D eigenvalue weighted by Crippen LogP contribution is -1.92. The summed E-state index contributed by atoms with van der Waals surface area (Å²) in [5.74, 6) is 0. The lowest BCUT2D eigenvalue weighted by molar-refractivity contribution is 1.37. The monoisotopic (exact) mass is 457 g/mol. The molecule has 0 bridgehead atoms. The minimum absolute atomic E-state index is 1.01. The van der Waals surface area contributed by atoms with Crippen molar-refractivity contribution in [3.05, 3.63) is 140 Å². The van der Waals surface area contributed by atoms with Gasteiger partial charge in [0.05, 0.1) is 5.69 Å². The number of rotatable bonds is 3. The van der Waals surface area contributed by atoms with Crippen molar-refractivity contribution in [2.75, 3.05) is 0 Å². The Morgan fingerprint density at radius 2 is 0.833 bits per heavy atom. The second-order valence-electron chi connectivity index (χ2n) is 9.20. The van der Waals surface area contributed by atoms with Gasteiger partial charge < -0.3 is 0 Å². The summed E-state index contributed by atoms with van der Waals surface area (Å²) in [4.78, 5) is 4.92. The highest BCUT2D eigenvalue weighted by Crippen LogP contribution is 2.43. The molecule has 0 atom stereocenters. The molecule has 36 heavy (non-hydrogen) atoms. The van der Waals surface area contributed by atoms with Gasteiger partial charge >= 0.3 is 0 Å². The Morgan fingerprint density at radius 1 is 0.361 bits per heavy atom. The molecule has 0 unspecified atom stereocenters. The number of hydrogen-bond acceptors (Lipinski definition) is 1. The van der Waals surface area contributed by atoms with Crippen LogP contribution in [0, 0.1) is 0 Å². The summed E-state index contributed by atoms with van der Waals surface area (Å²) >= 11 is 0. The van der Waals surface area contributed by atoms with Gasteiger partial charge in [-0.15, -0.1) is 0 Å². The van der Waals surface area contributed by atoms with Crippen LogP contribution in [-0.2, 0) is 0 Å². The number of nitrogens with zero attached hydrogens (tertiary/aromatic N) is 1. The van der Waals surface area contributed by atoms with Crippen LogP contribution in [0.3, 0.4) is 0 Å². The topological polar surface area (TPSA) is 12.9 Å². The lowest BCUT2D eigenvalue weighted by atomic mass is 9.86. The van der Waals surface area contributed by atoms with Crippen molar-refractivity contribution in [1.82, 2.24) is 4.98 Å². The van der Waals surface area contributed by atoms with Crippen molar-refractivity contribution in [2.24, 2.45) is 0 Å². The molecule has 0 spiro atoms. The van der Waals surface area contributed by atoms with E-state index in [0.717, 1.165) is 11.1 Å². The summed E-state index contributed by atoms with van der Waals surface area (Å²) in [5, 5.41) is 7.30. The maximum Gasteiger partial charge on any atom is 0.0720 e. The summed E-state index contributed by atoms with van der Waals surface area (Å²) in [5.41, 5.74) is 7.15. The van der Waals surface area contributed by atoms with E-state index in [0.29, 0.717) is 0 Å². The second-order valence-corrected chi connectivity index (χ2v) is 9.20. The zero-order valence-corrected chi connectivity index (χ0v) is 19.7. The van der Waals surface area contributed by atoms with E-state index in [2.05, 4.69) is 133 Å². The zero-order chi connectivity index (χ0) is 23.9. The highest BCUT2D eigenvalue weighted by Gasteiger charge is 2.17. The molecule has 0 amide bonds. The molecule has 1 heteroatoms. The third-order valence-corrected chi connectivity index (χ3v) is 7.10. The smallest absolute Gasteiger partial charge is 0.0720 e. The Balaban J connectivity index is 1.50. The molecule has 0 saturated carbocycles. The van der Waals surface area contributed by atoms with Crippen LogP contribution in [0.1, 0.15) is 0 Å². The fourth-order valence-electron chi connectivity index (χ4n) is 5.40. The van der Waals surface area contributed by atoms with E-state index in [1.54, 1.807) is 0 Å². The number of aromatic nitrogens is 1. The van der Waals surface area contributed by atoms with E-state index in [9.17, 15) is 0 Å². The second kappa shape index (κ2) is 8.48. The fourth-order valence-corrected chi connectivity index (χ4v) is 5.40. The molecular formula is C35H23N. The van der Waals surface area contributed by atoms with E-state index < -0.39 is 0 Å². The Bertz CT molecular complexity index is 1810. The van der Waals surface area contributed by atoms with Crippen molar-refractivity contribution >= 4 is 32.3 Å². The van der Waals surface area contributed by atoms with Crippen LogP contribution in [0.15, 0.2) is 140 Å². The Hall–Kier alpha value is -4.75. The van der Waals surface area contributed by atoms with Gasteiger partial charge in [-0.25, -0.2) is 0 Å². The molecule has 6 aromatic carbocycles. The third kappa shape index (κ3) is 3.37. The van der Waals surface area contributed by atoms with Crippen LogP contribution in [0.5, 0.6) is 0 Å². The zero-order valence-electron chi connectivity index (χ0n) is 19.7. The van der Waals surface area contributed by atoms with Gasteiger partial charge in [-0.1, -0.05) is 127 Å². The molecule has 7 aromatic rings.